The molecule has 0 aliphatic carbocycles. The van der Waals surface area contributed by atoms with E-state index in [-0.39, 0.29) is 17.5 Å². The summed E-state index contributed by atoms with van der Waals surface area (Å²) in [5.41, 5.74) is 9.62. The van der Waals surface area contributed by atoms with Gasteiger partial charge in [0.1, 0.15) is 22.8 Å². The van der Waals surface area contributed by atoms with E-state index in [9.17, 15) is 9.59 Å². The summed E-state index contributed by atoms with van der Waals surface area (Å²) in [6.45, 7) is 13.9. The molecule has 0 fully saturated rings. The summed E-state index contributed by atoms with van der Waals surface area (Å²) in [6.07, 6.45) is 0.250. The number of para-hydroxylation sites is 2. The number of ether oxygens (including phenoxy) is 1. The zero-order valence-electron chi connectivity index (χ0n) is 34.4. The van der Waals surface area contributed by atoms with Crippen LogP contribution in [0, 0.1) is 48.5 Å². The Bertz CT molecular complexity index is 2540. The summed E-state index contributed by atoms with van der Waals surface area (Å²) >= 11 is 0. The lowest BCUT2D eigenvalue weighted by molar-refractivity contribution is -0.191. The van der Waals surface area contributed by atoms with Crippen LogP contribution in [-0.2, 0) is 18.8 Å². The Morgan fingerprint density at radius 1 is 0.617 bits per heavy atom. The second-order valence-corrected chi connectivity index (χ2v) is 16.4. The summed E-state index contributed by atoms with van der Waals surface area (Å²) < 4.78 is 40.2. The van der Waals surface area contributed by atoms with Crippen LogP contribution in [0.1, 0.15) is 59.7 Å². The number of fused-ring (bicyclic) bond motifs is 1. The molecular weight excluding hydrogens is 800 g/mol. The molecule has 0 bridgehead atoms. The van der Waals surface area contributed by atoms with E-state index in [0.717, 1.165) is 44.6 Å². The van der Waals surface area contributed by atoms with Gasteiger partial charge in [0.15, 0.2) is 5.75 Å². The third-order valence-electron chi connectivity index (χ3n) is 9.37. The van der Waals surface area contributed by atoms with Crippen LogP contribution in [-0.4, -0.2) is 25.2 Å². The van der Waals surface area contributed by atoms with E-state index >= 15 is 0 Å². The fourth-order valence-corrected chi connectivity index (χ4v) is 9.42. The van der Waals surface area contributed by atoms with Crippen molar-refractivity contribution in [1.29, 1.82) is 0 Å². The van der Waals surface area contributed by atoms with Gasteiger partial charge in [-0.3, -0.25) is 4.67 Å². The van der Waals surface area contributed by atoms with Gasteiger partial charge in [-0.1, -0.05) is 71.8 Å². The standard InChI is InChI=1S/C46H43NO8P2.CO2/c1-28-18-20-41(32(5)22-28)51-57(52-42-21-19-29(2)23-33(42)6)54-43-34(7)24-30(3)25-37(43)38-26-31(4)27-39(45(48)50-8)44(38)53-56-47(35-14-10-9-11-15-35)40-17-13-12-16-36(40)46(49)55-56;2-1-3/h9-27H,1-8H3;. The SMILES string of the molecule is COC(=O)c1cc(C)cc(-c2cc(C)cc(C)c2OP(Oc2ccc(C)cc2C)Oc2ccc(C)cc2C)c1OP1OC(=O)c2ccccc2N1c1ccccc1.O=C=O. The van der Waals surface area contributed by atoms with E-state index in [1.165, 1.54) is 7.11 Å². The van der Waals surface area contributed by atoms with Crippen LogP contribution in [0.25, 0.3) is 11.1 Å². The molecule has 0 N–H and O–H groups in total. The molecule has 0 radical (unpaired) electrons. The molecule has 13 heteroatoms. The number of carbonyl (C=O) groups excluding carboxylic acids is 4. The van der Waals surface area contributed by atoms with Crippen molar-refractivity contribution >= 4 is 46.6 Å². The van der Waals surface area contributed by atoms with E-state index in [0.29, 0.717) is 39.6 Å². The Morgan fingerprint density at radius 2 is 1.15 bits per heavy atom. The highest BCUT2D eigenvalue weighted by Crippen LogP contribution is 2.58. The highest BCUT2D eigenvalue weighted by atomic mass is 31.2. The van der Waals surface area contributed by atoms with Crippen LogP contribution in [0.5, 0.6) is 23.0 Å². The van der Waals surface area contributed by atoms with Gasteiger partial charge in [-0.25, -0.2) is 9.59 Å². The van der Waals surface area contributed by atoms with Crippen molar-refractivity contribution in [3.8, 4) is 34.1 Å². The molecule has 1 unspecified atom stereocenters. The smallest absolute Gasteiger partial charge is 0.465 e. The Balaban J connectivity index is 0.00000195. The average Bonchev–Trinajstić information content (AvgIpc) is 3.21. The number of carbonyl (C=O) groups is 2. The van der Waals surface area contributed by atoms with Crippen LogP contribution in [0.3, 0.4) is 0 Å². The molecule has 11 nitrogen and oxygen atoms in total. The van der Waals surface area contributed by atoms with Crippen molar-refractivity contribution < 1.29 is 46.5 Å². The summed E-state index contributed by atoms with van der Waals surface area (Å²) in [6, 6.07) is 36.2. The Labute approximate surface area is 351 Å². The predicted octanol–water partition coefficient (Wildman–Crippen LogP) is 12.1. The van der Waals surface area contributed by atoms with Crippen molar-refractivity contribution in [3.05, 3.63) is 165 Å². The quantitative estimate of drug-likeness (QED) is 0.0913. The van der Waals surface area contributed by atoms with Gasteiger partial charge in [-0.05, 0) is 131 Å². The number of anilines is 2. The molecule has 1 aliphatic rings. The predicted molar refractivity (Wildman–Crippen MR) is 231 cm³/mol. The van der Waals surface area contributed by atoms with E-state index in [1.807, 2.05) is 150 Å². The van der Waals surface area contributed by atoms with E-state index < -0.39 is 29.1 Å². The normalized spacial score (nSPS) is 12.9. The highest BCUT2D eigenvalue weighted by molar-refractivity contribution is 7.51. The second-order valence-electron chi connectivity index (χ2n) is 14.1. The van der Waals surface area contributed by atoms with Crippen molar-refractivity contribution in [2.24, 2.45) is 0 Å². The first-order valence-electron chi connectivity index (χ1n) is 18.8. The lowest BCUT2D eigenvalue weighted by Gasteiger charge is -2.35. The van der Waals surface area contributed by atoms with E-state index in [1.54, 1.807) is 18.2 Å². The van der Waals surface area contributed by atoms with Gasteiger partial charge in [0.2, 0.25) is 0 Å². The number of aryl methyl sites for hydroxylation is 7. The average molecular weight is 844 g/mol. The first-order chi connectivity index (χ1) is 28.8. The van der Waals surface area contributed by atoms with Crippen LogP contribution in [0.15, 0.2) is 115 Å². The third-order valence-corrected chi connectivity index (χ3v) is 11.8. The number of benzene rings is 6. The minimum atomic E-state index is -2.21. The van der Waals surface area contributed by atoms with Crippen LogP contribution in [0.4, 0.5) is 11.4 Å². The molecule has 0 saturated heterocycles. The highest BCUT2D eigenvalue weighted by Gasteiger charge is 2.39. The van der Waals surface area contributed by atoms with Crippen molar-refractivity contribution in [1.82, 2.24) is 0 Å². The zero-order valence-corrected chi connectivity index (χ0v) is 36.2. The molecule has 1 atom stereocenters. The molecule has 0 saturated carbocycles. The summed E-state index contributed by atoms with van der Waals surface area (Å²) in [7, 11) is -3.00. The van der Waals surface area contributed by atoms with Gasteiger partial charge in [-0.2, -0.15) is 9.59 Å². The summed E-state index contributed by atoms with van der Waals surface area (Å²) in [5.74, 6) is 0.718. The third kappa shape index (κ3) is 9.68. The molecule has 0 aromatic heterocycles. The van der Waals surface area contributed by atoms with E-state index in [4.69, 9.17) is 36.9 Å². The maximum Gasteiger partial charge on any atom is 0.530 e. The second kappa shape index (κ2) is 19.0. The summed E-state index contributed by atoms with van der Waals surface area (Å²) in [5, 5.41) is 0. The number of hydrogen-bond donors (Lipinski definition) is 0. The van der Waals surface area contributed by atoms with E-state index in [2.05, 4.69) is 0 Å². The van der Waals surface area contributed by atoms with Gasteiger partial charge in [0.25, 0.3) is 0 Å². The largest absolute Gasteiger partial charge is 0.530 e. The topological polar surface area (TPSA) is 127 Å². The number of esters is 1. The van der Waals surface area contributed by atoms with Gasteiger partial charge in [-0.15, -0.1) is 0 Å². The van der Waals surface area contributed by atoms with Crippen molar-refractivity contribution in [3.63, 3.8) is 0 Å². The lowest BCUT2D eigenvalue weighted by atomic mass is 9.95. The lowest BCUT2D eigenvalue weighted by Crippen LogP contribution is -2.25. The maximum absolute atomic E-state index is 13.7. The zero-order chi connectivity index (χ0) is 43.1. The molecule has 6 aromatic rings. The maximum atomic E-state index is 13.7. The molecular formula is C47H43NO10P2. The van der Waals surface area contributed by atoms with Crippen molar-refractivity contribution in [2.75, 3.05) is 11.8 Å². The van der Waals surface area contributed by atoms with Gasteiger partial charge < -0.3 is 27.4 Å². The molecule has 0 amide bonds. The first-order valence-corrected chi connectivity index (χ1v) is 21.0. The Kier molecular flexibility index (Phi) is 13.7. The van der Waals surface area contributed by atoms with Gasteiger partial charge >= 0.3 is 35.2 Å². The molecule has 306 valence electrons. The number of methoxy groups -OCH3 is 1. The van der Waals surface area contributed by atoms with Crippen LogP contribution < -0.4 is 22.8 Å². The molecule has 60 heavy (non-hydrogen) atoms. The molecule has 6 aromatic carbocycles. The monoisotopic (exact) mass is 843 g/mol. The minimum Gasteiger partial charge on any atom is -0.465 e. The summed E-state index contributed by atoms with van der Waals surface area (Å²) in [4.78, 5) is 43.5. The van der Waals surface area contributed by atoms with Crippen molar-refractivity contribution in [2.45, 2.75) is 48.5 Å². The minimum absolute atomic E-state index is 0.156. The molecule has 1 aliphatic heterocycles. The fraction of sp³-hybridized carbons (Fsp3) is 0.170. The number of rotatable bonds is 11. The molecule has 0 spiro atoms. The Hall–Kier alpha value is -6.50. The van der Waals surface area contributed by atoms with Gasteiger partial charge in [0, 0.05) is 11.1 Å². The fourth-order valence-electron chi connectivity index (χ4n) is 6.72. The van der Waals surface area contributed by atoms with Crippen LogP contribution >= 0.6 is 17.1 Å². The molecule has 7 rings (SSSR count). The number of nitrogens with zero attached hydrogens (tertiary/aromatic N) is 1. The van der Waals surface area contributed by atoms with Gasteiger partial charge in [0.05, 0.1) is 24.0 Å². The van der Waals surface area contributed by atoms with Crippen LogP contribution in [0.2, 0.25) is 0 Å². The number of hydrogen-bond acceptors (Lipinski definition) is 11. The first kappa shape index (κ1) is 43.1. The molecule has 1 heterocycles. The Morgan fingerprint density at radius 3 is 1.73 bits per heavy atom.